The van der Waals surface area contributed by atoms with Crippen LogP contribution >= 0.6 is 0 Å². The van der Waals surface area contributed by atoms with Crippen LogP contribution in [0.5, 0.6) is 0 Å². The molecule has 3 aromatic carbocycles. The normalized spacial score (nSPS) is 17.4. The summed E-state index contributed by atoms with van der Waals surface area (Å²) in [5.41, 5.74) is 8.64. The summed E-state index contributed by atoms with van der Waals surface area (Å²) in [5, 5.41) is 3.51. The van der Waals surface area contributed by atoms with E-state index in [9.17, 15) is 0 Å². The fourth-order valence-electron chi connectivity index (χ4n) is 3.47. The van der Waals surface area contributed by atoms with Crippen LogP contribution in [0.4, 0.5) is 0 Å². The smallest absolute Gasteiger partial charge is 0.159 e. The Morgan fingerprint density at radius 2 is 1.48 bits per heavy atom. The van der Waals surface area contributed by atoms with E-state index in [1.807, 2.05) is 60.7 Å². The molecule has 1 aliphatic heterocycles. The number of benzene rings is 3. The molecule has 0 amide bonds. The van der Waals surface area contributed by atoms with Gasteiger partial charge in [0, 0.05) is 16.7 Å². The highest BCUT2D eigenvalue weighted by atomic mass is 15.2. The molecule has 3 heteroatoms. The van der Waals surface area contributed by atoms with E-state index in [2.05, 4.69) is 53.5 Å². The highest BCUT2D eigenvalue weighted by molar-refractivity contribution is 6.13. The van der Waals surface area contributed by atoms with Crippen LogP contribution in [0.1, 0.15) is 28.4 Å². The Balaban J connectivity index is 1.57. The minimum Gasteiger partial charge on any atom is -0.344 e. The van der Waals surface area contributed by atoms with Crippen LogP contribution in [-0.2, 0) is 0 Å². The third-order valence-electron chi connectivity index (χ3n) is 4.93. The highest BCUT2D eigenvalue weighted by Gasteiger charge is 2.21. The lowest BCUT2D eigenvalue weighted by Gasteiger charge is -2.24. The Bertz CT molecular complexity index is 1190. The molecule has 2 aliphatic rings. The maximum atomic E-state index is 4.93. The van der Waals surface area contributed by atoms with Crippen molar-refractivity contribution in [2.75, 3.05) is 0 Å². The average Bonchev–Trinajstić information content (AvgIpc) is 3.35. The monoisotopic (exact) mass is 373 g/mol. The second-order valence-electron chi connectivity index (χ2n) is 6.90. The predicted molar refractivity (Wildman–Crippen MR) is 119 cm³/mol. The van der Waals surface area contributed by atoms with Gasteiger partial charge in [0.05, 0.1) is 0 Å². The lowest BCUT2D eigenvalue weighted by Crippen LogP contribution is -2.33. The van der Waals surface area contributed by atoms with E-state index in [1.54, 1.807) is 0 Å². The molecule has 0 radical (unpaired) electrons. The largest absolute Gasteiger partial charge is 0.344 e. The summed E-state index contributed by atoms with van der Waals surface area (Å²) in [4.78, 5) is 9.75. The summed E-state index contributed by atoms with van der Waals surface area (Å²) >= 11 is 0. The minimum absolute atomic E-state index is 0.215. The minimum atomic E-state index is -0.215. The molecular formula is C26H19N3. The van der Waals surface area contributed by atoms with E-state index in [1.165, 1.54) is 0 Å². The third-order valence-corrected chi connectivity index (χ3v) is 4.93. The Kier molecular flexibility index (Phi) is 4.50. The molecule has 0 saturated heterocycles. The summed E-state index contributed by atoms with van der Waals surface area (Å²) in [6.07, 6.45) is 5.80. The van der Waals surface area contributed by atoms with E-state index in [4.69, 9.17) is 9.98 Å². The van der Waals surface area contributed by atoms with Crippen molar-refractivity contribution in [3.8, 4) is 0 Å². The summed E-state index contributed by atoms with van der Waals surface area (Å²) in [7, 11) is 0. The van der Waals surface area contributed by atoms with Gasteiger partial charge in [-0.25, -0.2) is 9.98 Å². The Labute approximate surface area is 170 Å². The first-order valence-electron chi connectivity index (χ1n) is 9.64. The van der Waals surface area contributed by atoms with Crippen molar-refractivity contribution in [3.05, 3.63) is 131 Å². The van der Waals surface area contributed by atoms with Crippen LogP contribution in [0.15, 0.2) is 119 Å². The molecular weight excluding hydrogens is 354 g/mol. The molecule has 0 spiro atoms. The SMILES string of the molecule is C1=CC=CC=1c1cccc(C2N=C(c3ccccc3)N=C(c3ccccc3)N2)c1. The zero-order chi connectivity index (χ0) is 19.5. The number of allylic oxidation sites excluding steroid dienone is 3. The van der Waals surface area contributed by atoms with Crippen molar-refractivity contribution in [2.24, 2.45) is 9.98 Å². The van der Waals surface area contributed by atoms with E-state index >= 15 is 0 Å². The number of nitrogens with zero attached hydrogens (tertiary/aromatic N) is 2. The van der Waals surface area contributed by atoms with E-state index in [0.29, 0.717) is 0 Å². The van der Waals surface area contributed by atoms with Gasteiger partial charge in [-0.15, -0.1) is 5.73 Å². The first kappa shape index (κ1) is 17.2. The van der Waals surface area contributed by atoms with Crippen molar-refractivity contribution >= 4 is 17.2 Å². The van der Waals surface area contributed by atoms with Gasteiger partial charge in [-0.2, -0.15) is 0 Å². The van der Waals surface area contributed by atoms with Gasteiger partial charge in [-0.1, -0.05) is 84.9 Å². The van der Waals surface area contributed by atoms with Crippen molar-refractivity contribution in [2.45, 2.75) is 6.17 Å². The van der Waals surface area contributed by atoms with Crippen LogP contribution in [0.25, 0.3) is 5.57 Å². The lowest BCUT2D eigenvalue weighted by molar-refractivity contribution is 0.674. The number of aliphatic imine (C=N–C) groups is 2. The van der Waals surface area contributed by atoms with Crippen molar-refractivity contribution < 1.29 is 0 Å². The molecule has 0 fully saturated rings. The average molecular weight is 373 g/mol. The van der Waals surface area contributed by atoms with Crippen LogP contribution in [0, 0.1) is 0 Å². The number of nitrogens with one attached hydrogen (secondary N) is 1. The molecule has 1 heterocycles. The molecule has 1 N–H and O–H groups in total. The maximum absolute atomic E-state index is 4.93. The number of rotatable bonds is 4. The molecule has 0 bridgehead atoms. The van der Waals surface area contributed by atoms with Gasteiger partial charge in [0.15, 0.2) is 5.84 Å². The number of hydrogen-bond donors (Lipinski definition) is 1. The molecule has 0 aromatic heterocycles. The first-order valence-corrected chi connectivity index (χ1v) is 9.64. The molecule has 3 nitrogen and oxygen atoms in total. The molecule has 5 rings (SSSR count). The molecule has 0 saturated carbocycles. The Hall–Kier alpha value is -3.94. The van der Waals surface area contributed by atoms with Crippen LogP contribution < -0.4 is 5.32 Å². The van der Waals surface area contributed by atoms with Crippen LogP contribution in [0.3, 0.4) is 0 Å². The second kappa shape index (κ2) is 7.59. The molecule has 138 valence electrons. The van der Waals surface area contributed by atoms with Gasteiger partial charge in [-0.3, -0.25) is 0 Å². The topological polar surface area (TPSA) is 36.8 Å². The maximum Gasteiger partial charge on any atom is 0.159 e. The molecule has 29 heavy (non-hydrogen) atoms. The first-order chi connectivity index (χ1) is 14.4. The molecule has 1 unspecified atom stereocenters. The summed E-state index contributed by atoms with van der Waals surface area (Å²) in [5.74, 6) is 1.56. The summed E-state index contributed by atoms with van der Waals surface area (Å²) < 4.78 is 0. The summed E-state index contributed by atoms with van der Waals surface area (Å²) in [6, 6.07) is 28.7. The van der Waals surface area contributed by atoms with Gasteiger partial charge in [0.2, 0.25) is 0 Å². The summed E-state index contributed by atoms with van der Waals surface area (Å²) in [6.45, 7) is 0. The van der Waals surface area contributed by atoms with Gasteiger partial charge in [-0.05, 0) is 29.3 Å². The fraction of sp³-hybridized carbons (Fsp3) is 0.0385. The number of amidine groups is 2. The van der Waals surface area contributed by atoms with Crippen LogP contribution in [0.2, 0.25) is 0 Å². The van der Waals surface area contributed by atoms with E-state index in [0.717, 1.165) is 39.5 Å². The van der Waals surface area contributed by atoms with Crippen molar-refractivity contribution in [3.63, 3.8) is 0 Å². The zero-order valence-corrected chi connectivity index (χ0v) is 15.8. The molecule has 1 aliphatic carbocycles. The van der Waals surface area contributed by atoms with Gasteiger partial charge < -0.3 is 5.32 Å². The van der Waals surface area contributed by atoms with Gasteiger partial charge in [0.1, 0.15) is 12.0 Å². The zero-order valence-electron chi connectivity index (χ0n) is 15.8. The van der Waals surface area contributed by atoms with Gasteiger partial charge in [0.25, 0.3) is 0 Å². The Morgan fingerprint density at radius 1 is 0.759 bits per heavy atom. The second-order valence-corrected chi connectivity index (χ2v) is 6.90. The van der Waals surface area contributed by atoms with E-state index in [-0.39, 0.29) is 6.17 Å². The molecule has 3 aromatic rings. The predicted octanol–water partition coefficient (Wildman–Crippen LogP) is 5.29. The standard InChI is InChI=1S/C26H19N3/c1-3-12-20(13-4-1)24-27-25(21-14-5-2-6-15-21)29-26(28-24)23-17-9-16-22(18-23)19-10-7-8-11-19/h1-10,12-18,26H,(H,27,28,29). The fourth-order valence-corrected chi connectivity index (χ4v) is 3.47. The molecule has 1 atom stereocenters. The lowest BCUT2D eigenvalue weighted by atomic mass is 10.0. The third kappa shape index (κ3) is 3.60. The van der Waals surface area contributed by atoms with Crippen molar-refractivity contribution in [1.82, 2.24) is 5.32 Å². The van der Waals surface area contributed by atoms with E-state index < -0.39 is 0 Å². The quantitative estimate of drug-likeness (QED) is 0.620. The highest BCUT2D eigenvalue weighted by Crippen LogP contribution is 2.25. The van der Waals surface area contributed by atoms with Gasteiger partial charge >= 0.3 is 0 Å². The number of hydrogen-bond acceptors (Lipinski definition) is 3. The van der Waals surface area contributed by atoms with Crippen molar-refractivity contribution in [1.29, 1.82) is 0 Å². The Morgan fingerprint density at radius 3 is 2.21 bits per heavy atom. The van der Waals surface area contributed by atoms with Crippen LogP contribution in [-0.4, -0.2) is 11.7 Å².